The Morgan fingerprint density at radius 2 is 2.50 bits per heavy atom. The van der Waals surface area contributed by atoms with Crippen molar-refractivity contribution in [3.05, 3.63) is 0 Å². The standard InChI is InChI=1S/C5H9N3/c1-3-4-8-5(6)7-2/h1H,4H2,2H3,(H3,6,7,8). The SMILES string of the molecule is C#CCNC(=N)NC. The molecule has 0 aromatic carbocycles. The Bertz CT molecular complexity index is 111. The zero-order valence-corrected chi connectivity index (χ0v) is 4.78. The van der Waals surface area contributed by atoms with E-state index in [1.165, 1.54) is 0 Å². The van der Waals surface area contributed by atoms with Crippen molar-refractivity contribution in [3.8, 4) is 12.3 Å². The van der Waals surface area contributed by atoms with Gasteiger partial charge in [0.05, 0.1) is 6.54 Å². The number of rotatable bonds is 1. The lowest BCUT2D eigenvalue weighted by molar-refractivity contribution is 0.957. The van der Waals surface area contributed by atoms with Crippen LogP contribution in [0.4, 0.5) is 0 Å². The molecule has 0 rings (SSSR count). The van der Waals surface area contributed by atoms with Gasteiger partial charge in [-0.05, 0) is 0 Å². The van der Waals surface area contributed by atoms with Crippen LogP contribution in [0.1, 0.15) is 0 Å². The van der Waals surface area contributed by atoms with Crippen molar-refractivity contribution in [2.45, 2.75) is 0 Å². The van der Waals surface area contributed by atoms with Crippen molar-refractivity contribution in [2.24, 2.45) is 0 Å². The van der Waals surface area contributed by atoms with Crippen LogP contribution in [0.25, 0.3) is 0 Å². The average molecular weight is 111 g/mol. The van der Waals surface area contributed by atoms with Gasteiger partial charge in [-0.15, -0.1) is 6.42 Å². The highest BCUT2D eigenvalue weighted by Gasteiger charge is 1.82. The summed E-state index contributed by atoms with van der Waals surface area (Å²) in [4.78, 5) is 0. The van der Waals surface area contributed by atoms with Crippen LogP contribution in [-0.4, -0.2) is 19.6 Å². The summed E-state index contributed by atoms with van der Waals surface area (Å²) in [6.45, 7) is 0.402. The maximum Gasteiger partial charge on any atom is 0.188 e. The molecule has 0 heterocycles. The fourth-order valence-corrected chi connectivity index (χ4v) is 0.228. The molecule has 0 aliphatic heterocycles. The van der Waals surface area contributed by atoms with E-state index in [2.05, 4.69) is 16.6 Å². The Balaban J connectivity index is 3.15. The summed E-state index contributed by atoms with van der Waals surface area (Å²) in [6.07, 6.45) is 4.89. The Morgan fingerprint density at radius 1 is 1.88 bits per heavy atom. The highest BCUT2D eigenvalue weighted by molar-refractivity contribution is 5.76. The lowest BCUT2D eigenvalue weighted by atomic mass is 10.7. The van der Waals surface area contributed by atoms with Crippen LogP contribution in [-0.2, 0) is 0 Å². The molecule has 0 fully saturated rings. The van der Waals surface area contributed by atoms with E-state index in [9.17, 15) is 0 Å². The molecule has 0 amide bonds. The van der Waals surface area contributed by atoms with E-state index in [0.29, 0.717) is 6.54 Å². The van der Waals surface area contributed by atoms with Gasteiger partial charge in [0.15, 0.2) is 5.96 Å². The molecule has 0 atom stereocenters. The fraction of sp³-hybridized carbons (Fsp3) is 0.400. The van der Waals surface area contributed by atoms with Gasteiger partial charge in [-0.2, -0.15) is 0 Å². The maximum absolute atomic E-state index is 6.92. The Labute approximate surface area is 49.0 Å². The Hall–Kier alpha value is -1.17. The molecule has 3 heteroatoms. The molecular weight excluding hydrogens is 102 g/mol. The Morgan fingerprint density at radius 3 is 2.88 bits per heavy atom. The quantitative estimate of drug-likeness (QED) is 0.239. The fourth-order valence-electron chi connectivity index (χ4n) is 0.228. The molecule has 0 unspecified atom stereocenters. The molecular formula is C5H9N3. The molecule has 0 bridgehead atoms. The highest BCUT2D eigenvalue weighted by atomic mass is 15.1. The normalized spacial score (nSPS) is 7.00. The predicted molar refractivity (Wildman–Crippen MR) is 33.6 cm³/mol. The van der Waals surface area contributed by atoms with Gasteiger partial charge in [-0.1, -0.05) is 5.92 Å². The van der Waals surface area contributed by atoms with Crippen LogP contribution in [0.5, 0.6) is 0 Å². The monoisotopic (exact) mass is 111 g/mol. The molecule has 8 heavy (non-hydrogen) atoms. The average Bonchev–Trinajstić information content (AvgIpc) is 1.83. The largest absolute Gasteiger partial charge is 0.360 e. The minimum absolute atomic E-state index is 0.253. The van der Waals surface area contributed by atoms with Crippen molar-refractivity contribution in [2.75, 3.05) is 13.6 Å². The third kappa shape index (κ3) is 3.04. The maximum atomic E-state index is 6.92. The first-order valence-corrected chi connectivity index (χ1v) is 2.25. The zero-order chi connectivity index (χ0) is 6.41. The van der Waals surface area contributed by atoms with Gasteiger partial charge in [-0.25, -0.2) is 0 Å². The first kappa shape index (κ1) is 6.83. The topological polar surface area (TPSA) is 47.9 Å². The molecule has 3 N–H and O–H groups in total. The van der Waals surface area contributed by atoms with Gasteiger partial charge in [0.25, 0.3) is 0 Å². The summed E-state index contributed by atoms with van der Waals surface area (Å²) in [7, 11) is 1.66. The van der Waals surface area contributed by atoms with E-state index in [0.717, 1.165) is 0 Å². The second-order valence-corrected chi connectivity index (χ2v) is 1.18. The molecule has 0 aromatic heterocycles. The third-order valence-corrected chi connectivity index (χ3v) is 0.617. The molecule has 3 nitrogen and oxygen atoms in total. The molecule has 0 aromatic rings. The molecule has 0 aliphatic carbocycles. The van der Waals surface area contributed by atoms with Crippen LogP contribution in [0.3, 0.4) is 0 Å². The van der Waals surface area contributed by atoms with E-state index >= 15 is 0 Å². The van der Waals surface area contributed by atoms with Gasteiger partial charge in [0.1, 0.15) is 0 Å². The summed E-state index contributed by atoms with van der Waals surface area (Å²) >= 11 is 0. The lowest BCUT2D eigenvalue weighted by Gasteiger charge is -2.00. The number of hydrogen-bond acceptors (Lipinski definition) is 1. The van der Waals surface area contributed by atoms with Gasteiger partial charge in [-0.3, -0.25) is 5.41 Å². The van der Waals surface area contributed by atoms with E-state index in [4.69, 9.17) is 11.8 Å². The second kappa shape index (κ2) is 4.00. The summed E-state index contributed by atoms with van der Waals surface area (Å²) in [6, 6.07) is 0. The molecule has 0 spiro atoms. The summed E-state index contributed by atoms with van der Waals surface area (Å²) < 4.78 is 0. The smallest absolute Gasteiger partial charge is 0.188 e. The van der Waals surface area contributed by atoms with Gasteiger partial charge in [0, 0.05) is 7.05 Å². The van der Waals surface area contributed by atoms with Gasteiger partial charge in [0.2, 0.25) is 0 Å². The van der Waals surface area contributed by atoms with E-state index in [1.807, 2.05) is 0 Å². The first-order valence-electron chi connectivity index (χ1n) is 2.25. The van der Waals surface area contributed by atoms with Crippen molar-refractivity contribution in [1.82, 2.24) is 10.6 Å². The van der Waals surface area contributed by atoms with Crippen LogP contribution < -0.4 is 10.6 Å². The zero-order valence-electron chi connectivity index (χ0n) is 4.78. The minimum atomic E-state index is 0.253. The van der Waals surface area contributed by atoms with E-state index < -0.39 is 0 Å². The lowest BCUT2D eigenvalue weighted by Crippen LogP contribution is -2.33. The number of nitrogens with one attached hydrogen (secondary N) is 3. The molecule has 0 aliphatic rings. The summed E-state index contributed by atoms with van der Waals surface area (Å²) in [5.41, 5.74) is 0. The minimum Gasteiger partial charge on any atom is -0.360 e. The summed E-state index contributed by atoms with van der Waals surface area (Å²) in [5, 5.41) is 12.1. The molecule has 0 saturated heterocycles. The first-order chi connectivity index (χ1) is 3.81. The summed E-state index contributed by atoms with van der Waals surface area (Å²) in [5.74, 6) is 2.59. The second-order valence-electron chi connectivity index (χ2n) is 1.18. The van der Waals surface area contributed by atoms with Crippen LogP contribution in [0.15, 0.2) is 0 Å². The third-order valence-electron chi connectivity index (χ3n) is 0.617. The highest BCUT2D eigenvalue weighted by Crippen LogP contribution is 1.52. The number of hydrogen-bond donors (Lipinski definition) is 3. The molecule has 44 valence electrons. The van der Waals surface area contributed by atoms with Crippen molar-refractivity contribution >= 4 is 5.96 Å². The molecule has 0 radical (unpaired) electrons. The van der Waals surface area contributed by atoms with E-state index in [1.54, 1.807) is 7.05 Å². The van der Waals surface area contributed by atoms with Crippen LogP contribution >= 0.6 is 0 Å². The molecule has 0 saturated carbocycles. The van der Waals surface area contributed by atoms with Crippen molar-refractivity contribution in [1.29, 1.82) is 5.41 Å². The van der Waals surface area contributed by atoms with Crippen LogP contribution in [0.2, 0.25) is 0 Å². The van der Waals surface area contributed by atoms with Gasteiger partial charge >= 0.3 is 0 Å². The van der Waals surface area contributed by atoms with Crippen molar-refractivity contribution in [3.63, 3.8) is 0 Å². The van der Waals surface area contributed by atoms with Crippen molar-refractivity contribution < 1.29 is 0 Å². The number of terminal acetylenes is 1. The predicted octanol–water partition coefficient (Wildman–Crippen LogP) is -0.637. The number of guanidine groups is 1. The Kier molecular flexibility index (Phi) is 3.42. The van der Waals surface area contributed by atoms with Crippen LogP contribution in [0, 0.1) is 17.8 Å². The van der Waals surface area contributed by atoms with Gasteiger partial charge < -0.3 is 10.6 Å². The van der Waals surface area contributed by atoms with E-state index in [-0.39, 0.29) is 5.96 Å².